The van der Waals surface area contributed by atoms with Gasteiger partial charge in [-0.3, -0.25) is 4.79 Å². The average Bonchev–Trinajstić information content (AvgIpc) is 2.58. The monoisotopic (exact) mass is 382 g/mol. The van der Waals surface area contributed by atoms with E-state index < -0.39 is 10.0 Å². The van der Waals surface area contributed by atoms with Crippen LogP contribution in [0.1, 0.15) is 29.2 Å². The van der Waals surface area contributed by atoms with Gasteiger partial charge in [-0.25, -0.2) is 8.42 Å². The first kappa shape index (κ1) is 20.9. The predicted molar refractivity (Wildman–Crippen MR) is 103 cm³/mol. The third kappa shape index (κ3) is 3.80. The number of rotatable bonds is 4. The van der Waals surface area contributed by atoms with E-state index in [-0.39, 0.29) is 11.9 Å². The number of aryl methyl sites for hydroxylation is 2. The fraction of sp³-hybridized carbons (Fsp3) is 0.632. The van der Waals surface area contributed by atoms with Gasteiger partial charge in [-0.05, 0) is 56.9 Å². The Bertz CT molecular complexity index is 768. The maximum atomic E-state index is 13.3. The summed E-state index contributed by atoms with van der Waals surface area (Å²) in [5, 5.41) is 0. The van der Waals surface area contributed by atoms with Gasteiger partial charge in [0.1, 0.15) is 0 Å². The summed E-state index contributed by atoms with van der Waals surface area (Å²) < 4.78 is 28.2. The predicted octanol–water partition coefficient (Wildman–Crippen LogP) is 0.286. The molecule has 1 aromatic rings. The van der Waals surface area contributed by atoms with Gasteiger partial charge in [0.2, 0.25) is 10.0 Å². The zero-order valence-corrected chi connectivity index (χ0v) is 17.8. The molecule has 1 aliphatic heterocycles. The summed E-state index contributed by atoms with van der Waals surface area (Å²) in [7, 11) is -0.0203. The molecule has 26 heavy (non-hydrogen) atoms. The van der Waals surface area contributed by atoms with Crippen molar-refractivity contribution in [3.05, 3.63) is 28.3 Å². The summed E-state index contributed by atoms with van der Waals surface area (Å²) in [6.45, 7) is 11.8. The summed E-state index contributed by atoms with van der Waals surface area (Å²) in [6.07, 6.45) is 0. The Labute approximate surface area is 157 Å². The Morgan fingerprint density at radius 2 is 1.54 bits per heavy atom. The number of sulfonamides is 1. The van der Waals surface area contributed by atoms with E-state index >= 15 is 0 Å². The van der Waals surface area contributed by atoms with Gasteiger partial charge < -0.3 is 9.80 Å². The van der Waals surface area contributed by atoms with E-state index in [0.29, 0.717) is 31.1 Å². The van der Waals surface area contributed by atoms with Crippen molar-refractivity contribution in [1.29, 1.82) is 0 Å². The van der Waals surface area contributed by atoms with E-state index in [9.17, 15) is 13.2 Å². The number of nitrogens with zero attached hydrogens (tertiary/aromatic N) is 2. The Morgan fingerprint density at radius 1 is 1.08 bits per heavy atom. The minimum Gasteiger partial charge on any atom is -0.344 e. The molecule has 0 radical (unpaired) electrons. The molecule has 1 aromatic carbocycles. The lowest BCUT2D eigenvalue weighted by molar-refractivity contribution is -0.917. The molecule has 146 valence electrons. The second-order valence-corrected chi connectivity index (χ2v) is 9.48. The maximum Gasteiger partial charge on any atom is 0.280 e. The first-order chi connectivity index (χ1) is 12.0. The quantitative estimate of drug-likeness (QED) is 0.814. The van der Waals surface area contributed by atoms with E-state index in [2.05, 4.69) is 0 Å². The standard InChI is InChI=1S/C19H31N3O3S/c1-13-12-14(2)16(4)18(15(13)3)26(24,25)22-10-8-21(9-11-22)17(5)19(23)20(6)7/h12,17H,8-11H2,1-7H3/p+1/t17-/m0/s1. The van der Waals surface area contributed by atoms with Crippen molar-refractivity contribution in [2.24, 2.45) is 0 Å². The van der Waals surface area contributed by atoms with Crippen molar-refractivity contribution in [2.45, 2.75) is 45.6 Å². The van der Waals surface area contributed by atoms with Crippen LogP contribution in [0.5, 0.6) is 0 Å². The Balaban J connectivity index is 2.23. The summed E-state index contributed by atoms with van der Waals surface area (Å²) >= 11 is 0. The molecule has 2 rings (SSSR count). The molecule has 1 fully saturated rings. The van der Waals surface area contributed by atoms with Crippen LogP contribution in [0.15, 0.2) is 11.0 Å². The van der Waals surface area contributed by atoms with E-state index in [0.717, 1.165) is 27.2 Å². The highest BCUT2D eigenvalue weighted by molar-refractivity contribution is 7.89. The van der Waals surface area contributed by atoms with Crippen LogP contribution in [0.3, 0.4) is 0 Å². The second-order valence-electron chi connectivity index (χ2n) is 7.61. The maximum absolute atomic E-state index is 13.3. The van der Waals surface area contributed by atoms with E-state index in [4.69, 9.17) is 0 Å². The summed E-state index contributed by atoms with van der Waals surface area (Å²) in [5.74, 6) is 0.0808. The van der Waals surface area contributed by atoms with Crippen molar-refractivity contribution in [2.75, 3.05) is 40.3 Å². The minimum atomic E-state index is -3.53. The Kier molecular flexibility index (Phi) is 6.15. The number of likely N-dealkylation sites (N-methyl/N-ethyl adjacent to an activating group) is 1. The molecule has 1 aliphatic rings. The van der Waals surface area contributed by atoms with Crippen LogP contribution >= 0.6 is 0 Å². The van der Waals surface area contributed by atoms with E-state index in [1.807, 2.05) is 40.7 Å². The van der Waals surface area contributed by atoms with Crippen molar-refractivity contribution < 1.29 is 18.1 Å². The topological polar surface area (TPSA) is 62.1 Å². The van der Waals surface area contributed by atoms with Crippen LogP contribution in [0.2, 0.25) is 0 Å². The van der Waals surface area contributed by atoms with Crippen LogP contribution in [-0.4, -0.2) is 69.8 Å². The Hall–Kier alpha value is -1.44. The van der Waals surface area contributed by atoms with Gasteiger partial charge in [-0.15, -0.1) is 0 Å². The number of piperazine rings is 1. The molecule has 0 aromatic heterocycles. The van der Waals surface area contributed by atoms with Crippen molar-refractivity contribution in [3.63, 3.8) is 0 Å². The molecule has 1 heterocycles. The van der Waals surface area contributed by atoms with Gasteiger partial charge in [0, 0.05) is 14.1 Å². The molecule has 0 unspecified atom stereocenters. The number of quaternary nitrogens is 1. The molecule has 7 heteroatoms. The van der Waals surface area contributed by atoms with Crippen LogP contribution in [-0.2, 0) is 14.8 Å². The van der Waals surface area contributed by atoms with Crippen LogP contribution in [0, 0.1) is 27.7 Å². The van der Waals surface area contributed by atoms with Crippen molar-refractivity contribution in [3.8, 4) is 0 Å². The molecule has 1 N–H and O–H groups in total. The zero-order valence-electron chi connectivity index (χ0n) is 17.0. The zero-order chi connectivity index (χ0) is 19.8. The molecule has 0 aliphatic carbocycles. The number of amides is 1. The highest BCUT2D eigenvalue weighted by Crippen LogP contribution is 2.28. The molecule has 0 spiro atoms. The summed E-state index contributed by atoms with van der Waals surface area (Å²) in [6, 6.07) is 1.89. The van der Waals surface area contributed by atoms with Gasteiger partial charge in [0.15, 0.2) is 6.04 Å². The SMILES string of the molecule is Cc1cc(C)c(C)c(S(=O)(=O)N2CC[NH+]([C@@H](C)C(=O)N(C)C)CC2)c1C. The second kappa shape index (κ2) is 7.66. The number of carbonyl (C=O) groups excluding carboxylic acids is 1. The van der Waals surface area contributed by atoms with Gasteiger partial charge in [-0.2, -0.15) is 4.31 Å². The molecule has 0 saturated carbocycles. The molecule has 1 saturated heterocycles. The molecule has 1 amide bonds. The fourth-order valence-electron chi connectivity index (χ4n) is 3.71. The van der Waals surface area contributed by atoms with Crippen LogP contribution in [0.25, 0.3) is 0 Å². The summed E-state index contributed by atoms with van der Waals surface area (Å²) in [5.41, 5.74) is 3.67. The number of hydrogen-bond acceptors (Lipinski definition) is 3. The summed E-state index contributed by atoms with van der Waals surface area (Å²) in [4.78, 5) is 15.4. The molecular formula is C19H32N3O3S+. The highest BCUT2D eigenvalue weighted by Gasteiger charge is 2.36. The van der Waals surface area contributed by atoms with E-state index in [1.165, 1.54) is 0 Å². The van der Waals surface area contributed by atoms with Gasteiger partial charge in [0.05, 0.1) is 31.1 Å². The van der Waals surface area contributed by atoms with Gasteiger partial charge in [-0.1, -0.05) is 6.07 Å². The lowest BCUT2D eigenvalue weighted by atomic mass is 10.0. The van der Waals surface area contributed by atoms with Crippen LogP contribution < -0.4 is 4.90 Å². The largest absolute Gasteiger partial charge is 0.344 e. The van der Waals surface area contributed by atoms with Crippen LogP contribution in [0.4, 0.5) is 0 Å². The molecule has 6 nitrogen and oxygen atoms in total. The molecule has 1 atom stereocenters. The van der Waals surface area contributed by atoms with Gasteiger partial charge >= 0.3 is 0 Å². The average molecular weight is 383 g/mol. The first-order valence-electron chi connectivity index (χ1n) is 9.11. The van der Waals surface area contributed by atoms with Gasteiger partial charge in [0.25, 0.3) is 5.91 Å². The highest BCUT2D eigenvalue weighted by atomic mass is 32.2. The fourth-order valence-corrected chi connectivity index (χ4v) is 5.72. The number of benzene rings is 1. The lowest BCUT2D eigenvalue weighted by Gasteiger charge is -2.35. The smallest absolute Gasteiger partial charge is 0.280 e. The normalized spacial score (nSPS) is 18.0. The number of hydrogen-bond donors (Lipinski definition) is 1. The third-order valence-electron chi connectivity index (χ3n) is 5.68. The Morgan fingerprint density at radius 3 is 1.96 bits per heavy atom. The molecule has 0 bridgehead atoms. The number of carbonyl (C=O) groups is 1. The number of nitrogens with one attached hydrogen (secondary N) is 1. The van der Waals surface area contributed by atoms with Crippen molar-refractivity contribution in [1.82, 2.24) is 9.21 Å². The molecular weight excluding hydrogens is 350 g/mol. The third-order valence-corrected chi connectivity index (χ3v) is 7.86. The minimum absolute atomic E-state index is 0.0808. The van der Waals surface area contributed by atoms with E-state index in [1.54, 1.807) is 23.3 Å². The lowest BCUT2D eigenvalue weighted by Crippen LogP contribution is -3.19. The first-order valence-corrected chi connectivity index (χ1v) is 10.6. The van der Waals surface area contributed by atoms with Crippen molar-refractivity contribution >= 4 is 15.9 Å².